The first-order valence-corrected chi connectivity index (χ1v) is 11.3. The molecule has 1 N–H and O–H groups in total. The summed E-state index contributed by atoms with van der Waals surface area (Å²) in [7, 11) is 0. The second-order valence-electron chi connectivity index (χ2n) is 8.91. The van der Waals surface area contributed by atoms with E-state index in [0.29, 0.717) is 19.7 Å². The van der Waals surface area contributed by atoms with Crippen LogP contribution in [0.15, 0.2) is 35.2 Å². The van der Waals surface area contributed by atoms with Crippen molar-refractivity contribution < 1.29 is 24.2 Å². The second-order valence-corrected chi connectivity index (χ2v) is 9.83. The Kier molecular flexibility index (Phi) is 5.79. The predicted octanol–water partition coefficient (Wildman–Crippen LogP) is 5.10. The molecule has 1 saturated heterocycles. The molecule has 0 bridgehead atoms. The fourth-order valence-corrected chi connectivity index (χ4v) is 5.04. The van der Waals surface area contributed by atoms with Crippen molar-refractivity contribution in [2.24, 2.45) is 0 Å². The van der Waals surface area contributed by atoms with E-state index >= 15 is 0 Å². The van der Waals surface area contributed by atoms with Crippen LogP contribution in [-0.4, -0.2) is 40.8 Å². The molecular formula is C24H27NO5S. The normalized spacial score (nSPS) is 16.2. The van der Waals surface area contributed by atoms with Crippen molar-refractivity contribution in [3.63, 3.8) is 0 Å². The molecule has 7 heteroatoms. The molecule has 1 aromatic heterocycles. The molecule has 4 rings (SSSR count). The molecule has 1 amide bonds. The largest absolute Gasteiger partial charge is 0.488 e. The summed E-state index contributed by atoms with van der Waals surface area (Å²) in [5.41, 5.74) is 4.72. The highest BCUT2D eigenvalue weighted by molar-refractivity contribution is 7.11. The molecule has 0 saturated carbocycles. The summed E-state index contributed by atoms with van der Waals surface area (Å²) < 4.78 is 11.6. The first-order chi connectivity index (χ1) is 14.7. The van der Waals surface area contributed by atoms with Crippen LogP contribution in [0.3, 0.4) is 0 Å². The van der Waals surface area contributed by atoms with Gasteiger partial charge < -0.3 is 19.5 Å². The predicted molar refractivity (Wildman–Crippen MR) is 119 cm³/mol. The Labute approximate surface area is 186 Å². The highest BCUT2D eigenvalue weighted by Gasteiger charge is 2.29. The van der Waals surface area contributed by atoms with Crippen LogP contribution in [0.25, 0.3) is 5.57 Å². The third-order valence-electron chi connectivity index (χ3n) is 5.40. The van der Waals surface area contributed by atoms with E-state index < -0.39 is 11.6 Å². The van der Waals surface area contributed by atoms with Gasteiger partial charge in [0, 0.05) is 34.7 Å². The van der Waals surface area contributed by atoms with Gasteiger partial charge in [0.1, 0.15) is 18.0 Å². The van der Waals surface area contributed by atoms with E-state index in [0.717, 1.165) is 40.9 Å². The Bertz CT molecular complexity index is 1040. The Balaban J connectivity index is 1.69. The number of carbonyl (C=O) groups excluding carboxylic acids is 1. The number of hydrogen-bond donors (Lipinski definition) is 1. The van der Waals surface area contributed by atoms with Crippen LogP contribution in [0.4, 0.5) is 4.79 Å². The summed E-state index contributed by atoms with van der Waals surface area (Å²) in [4.78, 5) is 26.7. The van der Waals surface area contributed by atoms with Crippen LogP contribution in [0.2, 0.25) is 0 Å². The average molecular weight is 442 g/mol. The summed E-state index contributed by atoms with van der Waals surface area (Å²) in [5, 5.41) is 11.3. The third-order valence-corrected chi connectivity index (χ3v) is 6.37. The molecule has 0 spiro atoms. The first-order valence-electron chi connectivity index (χ1n) is 10.5. The molecule has 2 aliphatic heterocycles. The number of carboxylic acids is 1. The molecular weight excluding hydrogens is 414 g/mol. The SMILES string of the molecule is CC(C)(C)OC(=O)N1CCC(=C2c3cc(CC(=O)O)ccc3OCc3ccsc32)CC1. The van der Waals surface area contributed by atoms with Crippen LogP contribution in [0.5, 0.6) is 5.75 Å². The van der Waals surface area contributed by atoms with Gasteiger partial charge in [-0.2, -0.15) is 0 Å². The minimum atomic E-state index is -0.855. The zero-order chi connectivity index (χ0) is 22.2. The van der Waals surface area contributed by atoms with E-state index in [9.17, 15) is 14.7 Å². The first kappa shape index (κ1) is 21.4. The minimum absolute atomic E-state index is 0.0282. The van der Waals surface area contributed by atoms with Gasteiger partial charge in [-0.1, -0.05) is 11.6 Å². The van der Waals surface area contributed by atoms with E-state index in [1.807, 2.05) is 39.0 Å². The Morgan fingerprint density at radius 3 is 2.61 bits per heavy atom. The summed E-state index contributed by atoms with van der Waals surface area (Å²) in [6.45, 7) is 7.30. The van der Waals surface area contributed by atoms with Gasteiger partial charge in [0.15, 0.2) is 0 Å². The molecule has 6 nitrogen and oxygen atoms in total. The lowest BCUT2D eigenvalue weighted by Gasteiger charge is -2.32. The quantitative estimate of drug-likeness (QED) is 0.702. The van der Waals surface area contributed by atoms with Crippen LogP contribution in [0, 0.1) is 0 Å². The van der Waals surface area contributed by atoms with Gasteiger partial charge in [0.25, 0.3) is 0 Å². The maximum atomic E-state index is 12.5. The van der Waals surface area contributed by atoms with E-state index in [4.69, 9.17) is 9.47 Å². The highest BCUT2D eigenvalue weighted by Crippen LogP contribution is 2.43. The van der Waals surface area contributed by atoms with E-state index in [2.05, 4.69) is 11.4 Å². The van der Waals surface area contributed by atoms with E-state index in [1.165, 1.54) is 10.5 Å². The van der Waals surface area contributed by atoms with Crippen molar-refractivity contribution in [3.05, 3.63) is 56.8 Å². The van der Waals surface area contributed by atoms with Gasteiger partial charge in [-0.05, 0) is 62.8 Å². The number of carboxylic acid groups (broad SMARTS) is 1. The number of benzene rings is 1. The fourth-order valence-electron chi connectivity index (χ4n) is 4.02. The molecule has 0 radical (unpaired) electrons. The molecule has 31 heavy (non-hydrogen) atoms. The Morgan fingerprint density at radius 1 is 1.19 bits per heavy atom. The Hall–Kier alpha value is -2.80. The molecule has 0 aliphatic carbocycles. The molecule has 2 aromatic rings. The van der Waals surface area contributed by atoms with Crippen molar-refractivity contribution in [2.75, 3.05) is 13.1 Å². The molecule has 3 heterocycles. The highest BCUT2D eigenvalue weighted by atomic mass is 32.1. The number of hydrogen-bond acceptors (Lipinski definition) is 5. The van der Waals surface area contributed by atoms with Gasteiger partial charge in [-0.15, -0.1) is 11.3 Å². The van der Waals surface area contributed by atoms with Gasteiger partial charge in [-0.3, -0.25) is 4.79 Å². The zero-order valence-electron chi connectivity index (χ0n) is 18.1. The van der Waals surface area contributed by atoms with Crippen molar-refractivity contribution in [3.8, 4) is 5.75 Å². The van der Waals surface area contributed by atoms with Gasteiger partial charge in [-0.25, -0.2) is 4.79 Å². The number of likely N-dealkylation sites (tertiary alicyclic amines) is 1. The molecule has 2 aliphatic rings. The monoisotopic (exact) mass is 441 g/mol. The number of piperidine rings is 1. The summed E-state index contributed by atoms with van der Waals surface area (Å²) in [6.07, 6.45) is 1.18. The summed E-state index contributed by atoms with van der Waals surface area (Å²) >= 11 is 1.68. The zero-order valence-corrected chi connectivity index (χ0v) is 18.9. The van der Waals surface area contributed by atoms with Crippen molar-refractivity contribution >= 4 is 29.0 Å². The molecule has 0 atom stereocenters. The standard InChI is InChI=1S/C24H27NO5S/c1-24(2,3)30-23(28)25-9-6-16(7-10-25)21-18-12-15(13-20(26)27)4-5-19(18)29-14-17-8-11-31-22(17)21/h4-5,8,11-12H,6-7,9-10,13-14H2,1-3H3,(H,26,27). The van der Waals surface area contributed by atoms with Gasteiger partial charge >= 0.3 is 12.1 Å². The number of nitrogens with zero attached hydrogens (tertiary/aromatic N) is 1. The van der Waals surface area contributed by atoms with Crippen molar-refractivity contribution in [1.82, 2.24) is 4.90 Å². The lowest BCUT2D eigenvalue weighted by Crippen LogP contribution is -2.40. The maximum Gasteiger partial charge on any atom is 0.410 e. The van der Waals surface area contributed by atoms with Crippen LogP contribution >= 0.6 is 11.3 Å². The number of ether oxygens (including phenoxy) is 2. The molecule has 164 valence electrons. The van der Waals surface area contributed by atoms with Crippen LogP contribution in [-0.2, 0) is 22.6 Å². The van der Waals surface area contributed by atoms with E-state index in [1.54, 1.807) is 16.2 Å². The van der Waals surface area contributed by atoms with Crippen molar-refractivity contribution in [1.29, 1.82) is 0 Å². The second kappa shape index (κ2) is 8.38. The number of thiophene rings is 1. The number of rotatable bonds is 2. The topological polar surface area (TPSA) is 76.1 Å². The van der Waals surface area contributed by atoms with Gasteiger partial charge in [0.05, 0.1) is 6.42 Å². The average Bonchev–Trinajstić information content (AvgIpc) is 3.09. The summed E-state index contributed by atoms with van der Waals surface area (Å²) in [6, 6.07) is 7.72. The van der Waals surface area contributed by atoms with E-state index in [-0.39, 0.29) is 12.5 Å². The summed E-state index contributed by atoms with van der Waals surface area (Å²) in [5.74, 6) is -0.0826. The molecule has 1 fully saturated rings. The number of amides is 1. The maximum absolute atomic E-state index is 12.5. The number of carbonyl (C=O) groups is 2. The number of fused-ring (bicyclic) bond motifs is 2. The molecule has 1 aromatic carbocycles. The third kappa shape index (κ3) is 4.77. The van der Waals surface area contributed by atoms with Crippen molar-refractivity contribution in [2.45, 2.75) is 52.2 Å². The number of aliphatic carboxylic acids is 1. The smallest absolute Gasteiger partial charge is 0.410 e. The van der Waals surface area contributed by atoms with Crippen LogP contribution < -0.4 is 4.74 Å². The Morgan fingerprint density at radius 2 is 1.94 bits per heavy atom. The minimum Gasteiger partial charge on any atom is -0.488 e. The van der Waals surface area contributed by atoms with Gasteiger partial charge in [0.2, 0.25) is 0 Å². The lowest BCUT2D eigenvalue weighted by molar-refractivity contribution is -0.136. The molecule has 0 unspecified atom stereocenters. The van der Waals surface area contributed by atoms with Crippen LogP contribution in [0.1, 0.15) is 55.2 Å². The fraction of sp³-hybridized carbons (Fsp3) is 0.417. The lowest BCUT2D eigenvalue weighted by atomic mass is 9.90.